The Bertz CT molecular complexity index is 601. The van der Waals surface area contributed by atoms with Crippen LogP contribution in [0.2, 0.25) is 10.0 Å². The summed E-state index contributed by atoms with van der Waals surface area (Å²) in [5.41, 5.74) is 0.405. The molecule has 1 unspecified atom stereocenters. The lowest BCUT2D eigenvalue weighted by Gasteiger charge is -2.21. The van der Waals surface area contributed by atoms with Gasteiger partial charge in [0.25, 0.3) is 0 Å². The van der Waals surface area contributed by atoms with Crippen molar-refractivity contribution >= 4 is 44.6 Å². The summed E-state index contributed by atoms with van der Waals surface area (Å²) in [6, 6.07) is 4.91. The van der Waals surface area contributed by atoms with Crippen molar-refractivity contribution in [1.82, 2.24) is 0 Å². The molecule has 19 heavy (non-hydrogen) atoms. The fourth-order valence-corrected chi connectivity index (χ4v) is 4.12. The lowest BCUT2D eigenvalue weighted by atomic mass is 10.0. The molecule has 7 heteroatoms. The summed E-state index contributed by atoms with van der Waals surface area (Å²) < 4.78 is 23.0. The van der Waals surface area contributed by atoms with E-state index in [0.29, 0.717) is 23.6 Å². The molecule has 4 nitrogen and oxygen atoms in total. The van der Waals surface area contributed by atoms with Gasteiger partial charge in [-0.3, -0.25) is 4.79 Å². The van der Waals surface area contributed by atoms with Crippen molar-refractivity contribution in [2.24, 2.45) is 5.92 Å². The number of benzene rings is 1. The number of rotatable bonds is 2. The zero-order valence-corrected chi connectivity index (χ0v) is 12.4. The summed E-state index contributed by atoms with van der Waals surface area (Å²) in [5, 5.41) is 3.24. The SMILES string of the molecule is O=C(Nc1cccc(Cl)c1Cl)C1CCCS(=O)(=O)C1. The van der Waals surface area contributed by atoms with E-state index in [1.165, 1.54) is 0 Å². The fraction of sp³-hybridized carbons (Fsp3) is 0.417. The molecule has 1 heterocycles. The van der Waals surface area contributed by atoms with E-state index in [1.807, 2.05) is 0 Å². The van der Waals surface area contributed by atoms with Gasteiger partial charge in [-0.25, -0.2) is 8.42 Å². The van der Waals surface area contributed by atoms with Crippen LogP contribution in [-0.4, -0.2) is 25.8 Å². The lowest BCUT2D eigenvalue weighted by Crippen LogP contribution is -2.34. The van der Waals surface area contributed by atoms with Crippen molar-refractivity contribution in [3.63, 3.8) is 0 Å². The third-order valence-electron chi connectivity index (χ3n) is 3.04. The van der Waals surface area contributed by atoms with Gasteiger partial charge < -0.3 is 5.32 Å². The molecular formula is C12H13Cl2NO3S. The standard InChI is InChI=1S/C12H13Cl2NO3S/c13-9-4-1-5-10(11(9)14)15-12(16)8-3-2-6-19(17,18)7-8/h1,4-5,8H,2-3,6-7H2,(H,15,16). The van der Waals surface area contributed by atoms with Crippen LogP contribution in [0.1, 0.15) is 12.8 Å². The molecule has 0 radical (unpaired) electrons. The monoisotopic (exact) mass is 321 g/mol. The molecular weight excluding hydrogens is 309 g/mol. The maximum Gasteiger partial charge on any atom is 0.228 e. The second-order valence-corrected chi connectivity index (χ2v) is 7.56. The highest BCUT2D eigenvalue weighted by Crippen LogP contribution is 2.30. The molecule has 2 rings (SSSR count). The summed E-state index contributed by atoms with van der Waals surface area (Å²) in [5.74, 6) is -0.785. The van der Waals surface area contributed by atoms with Gasteiger partial charge in [-0.2, -0.15) is 0 Å². The maximum atomic E-state index is 12.0. The number of halogens is 2. The molecule has 0 spiro atoms. The summed E-state index contributed by atoms with van der Waals surface area (Å²) in [7, 11) is -3.11. The Morgan fingerprint density at radius 2 is 2.05 bits per heavy atom. The van der Waals surface area contributed by atoms with E-state index in [2.05, 4.69) is 5.32 Å². The minimum atomic E-state index is -3.11. The van der Waals surface area contributed by atoms with E-state index in [4.69, 9.17) is 23.2 Å². The van der Waals surface area contributed by atoms with Crippen LogP contribution in [0.4, 0.5) is 5.69 Å². The Morgan fingerprint density at radius 3 is 2.74 bits per heavy atom. The number of carbonyl (C=O) groups excluding carboxylic acids is 1. The molecule has 0 aromatic heterocycles. The second kappa shape index (κ2) is 5.69. The van der Waals surface area contributed by atoms with E-state index in [0.717, 1.165) is 0 Å². The topological polar surface area (TPSA) is 63.2 Å². The molecule has 1 saturated heterocycles. The Labute approximate surface area is 122 Å². The Kier molecular flexibility index (Phi) is 4.38. The van der Waals surface area contributed by atoms with Crippen molar-refractivity contribution in [2.45, 2.75) is 12.8 Å². The van der Waals surface area contributed by atoms with Gasteiger partial charge in [0.05, 0.1) is 33.2 Å². The van der Waals surface area contributed by atoms with Gasteiger partial charge >= 0.3 is 0 Å². The summed E-state index contributed by atoms with van der Waals surface area (Å²) in [4.78, 5) is 12.0. The first-order chi connectivity index (χ1) is 8.89. The normalized spacial score (nSPS) is 21.9. The number of amides is 1. The highest BCUT2D eigenvalue weighted by Gasteiger charge is 2.30. The summed E-state index contributed by atoms with van der Waals surface area (Å²) in [6.45, 7) is 0. The first kappa shape index (κ1) is 14.6. The van der Waals surface area contributed by atoms with Crippen molar-refractivity contribution in [3.8, 4) is 0 Å². The molecule has 1 fully saturated rings. The lowest BCUT2D eigenvalue weighted by molar-refractivity contribution is -0.119. The first-order valence-corrected chi connectivity index (χ1v) is 8.42. The van der Waals surface area contributed by atoms with E-state index < -0.39 is 15.8 Å². The molecule has 0 bridgehead atoms. The second-order valence-electron chi connectivity index (χ2n) is 4.54. The molecule has 1 atom stereocenters. The molecule has 1 aromatic rings. The summed E-state index contributed by atoms with van der Waals surface area (Å²) >= 11 is 11.8. The first-order valence-electron chi connectivity index (χ1n) is 5.84. The Morgan fingerprint density at radius 1 is 1.32 bits per heavy atom. The quantitative estimate of drug-likeness (QED) is 0.911. The Balaban J connectivity index is 2.11. The van der Waals surface area contributed by atoms with Gasteiger partial charge in [-0.05, 0) is 25.0 Å². The molecule has 1 amide bonds. The van der Waals surface area contributed by atoms with E-state index in [-0.39, 0.29) is 22.4 Å². The summed E-state index contributed by atoms with van der Waals surface area (Å²) in [6.07, 6.45) is 1.09. The predicted molar refractivity (Wildman–Crippen MR) is 76.5 cm³/mol. The smallest absolute Gasteiger partial charge is 0.228 e. The van der Waals surface area contributed by atoms with Crippen LogP contribution >= 0.6 is 23.2 Å². The zero-order valence-electron chi connectivity index (χ0n) is 10.0. The minimum absolute atomic E-state index is 0.100. The molecule has 0 aliphatic carbocycles. The number of carbonyl (C=O) groups is 1. The average molecular weight is 322 g/mol. The van der Waals surface area contributed by atoms with Crippen molar-refractivity contribution < 1.29 is 13.2 Å². The van der Waals surface area contributed by atoms with Crippen LogP contribution in [0, 0.1) is 5.92 Å². The van der Waals surface area contributed by atoms with Crippen LogP contribution in [-0.2, 0) is 14.6 Å². The number of nitrogens with one attached hydrogen (secondary N) is 1. The van der Waals surface area contributed by atoms with Crippen LogP contribution < -0.4 is 5.32 Å². The van der Waals surface area contributed by atoms with Crippen molar-refractivity contribution in [2.75, 3.05) is 16.8 Å². The van der Waals surface area contributed by atoms with Gasteiger partial charge in [-0.1, -0.05) is 29.3 Å². The maximum absolute atomic E-state index is 12.0. The zero-order chi connectivity index (χ0) is 14.0. The fourth-order valence-electron chi connectivity index (χ4n) is 2.06. The van der Waals surface area contributed by atoms with Crippen LogP contribution in [0.15, 0.2) is 18.2 Å². The number of sulfone groups is 1. The van der Waals surface area contributed by atoms with E-state index in [1.54, 1.807) is 18.2 Å². The third-order valence-corrected chi connectivity index (χ3v) is 5.68. The molecule has 1 aromatic carbocycles. The minimum Gasteiger partial charge on any atom is -0.324 e. The van der Waals surface area contributed by atoms with Crippen LogP contribution in [0.25, 0.3) is 0 Å². The molecule has 1 aliphatic rings. The van der Waals surface area contributed by atoms with Gasteiger partial charge in [0, 0.05) is 0 Å². The van der Waals surface area contributed by atoms with E-state index in [9.17, 15) is 13.2 Å². The largest absolute Gasteiger partial charge is 0.324 e. The van der Waals surface area contributed by atoms with E-state index >= 15 is 0 Å². The molecule has 104 valence electrons. The third kappa shape index (κ3) is 3.61. The van der Waals surface area contributed by atoms with Gasteiger partial charge in [0.1, 0.15) is 0 Å². The van der Waals surface area contributed by atoms with Gasteiger partial charge in [0.2, 0.25) is 5.91 Å². The van der Waals surface area contributed by atoms with Crippen molar-refractivity contribution in [3.05, 3.63) is 28.2 Å². The van der Waals surface area contributed by atoms with Crippen LogP contribution in [0.5, 0.6) is 0 Å². The Hall–Kier alpha value is -0.780. The van der Waals surface area contributed by atoms with Crippen molar-refractivity contribution in [1.29, 1.82) is 0 Å². The highest BCUT2D eigenvalue weighted by molar-refractivity contribution is 7.91. The molecule has 0 saturated carbocycles. The number of hydrogen-bond acceptors (Lipinski definition) is 3. The average Bonchev–Trinajstić information content (AvgIpc) is 2.33. The number of hydrogen-bond donors (Lipinski definition) is 1. The highest BCUT2D eigenvalue weighted by atomic mass is 35.5. The predicted octanol–water partition coefficient (Wildman–Crippen LogP) is 2.76. The molecule has 1 aliphatic heterocycles. The molecule has 1 N–H and O–H groups in total. The van der Waals surface area contributed by atoms with Crippen LogP contribution in [0.3, 0.4) is 0 Å². The number of anilines is 1. The van der Waals surface area contributed by atoms with Gasteiger partial charge in [-0.15, -0.1) is 0 Å². The van der Waals surface area contributed by atoms with Gasteiger partial charge in [0.15, 0.2) is 9.84 Å².